The lowest BCUT2D eigenvalue weighted by atomic mass is 10.0. The number of nitrogens with zero attached hydrogens (tertiary/aromatic N) is 1. The maximum Gasteiger partial charge on any atom is 0.338 e. The molecule has 2 bridgehead atoms. The van der Waals surface area contributed by atoms with Gasteiger partial charge in [0.05, 0.1) is 35.3 Å². The minimum atomic E-state index is -0.678. The molecule has 1 atom stereocenters. The van der Waals surface area contributed by atoms with Crippen molar-refractivity contribution in [3.05, 3.63) is 94.0 Å². The van der Waals surface area contributed by atoms with Crippen LogP contribution in [0, 0.1) is 10.1 Å². The van der Waals surface area contributed by atoms with Crippen LogP contribution in [0.15, 0.2) is 72.8 Å². The van der Waals surface area contributed by atoms with Gasteiger partial charge in [0.2, 0.25) is 0 Å². The number of esters is 2. The summed E-state index contributed by atoms with van der Waals surface area (Å²) < 4.78 is 22.2. The molecule has 0 amide bonds. The number of carbonyl (C=O) groups is 2. The fourth-order valence-electron chi connectivity index (χ4n) is 3.99. The summed E-state index contributed by atoms with van der Waals surface area (Å²) in [5, 5.41) is 11.2. The number of fused-ring (bicyclic) bond motifs is 7. The van der Waals surface area contributed by atoms with E-state index in [0.29, 0.717) is 30.1 Å². The van der Waals surface area contributed by atoms with E-state index in [0.717, 1.165) is 36.8 Å². The van der Waals surface area contributed by atoms with Crippen molar-refractivity contribution in [3.63, 3.8) is 0 Å². The summed E-state index contributed by atoms with van der Waals surface area (Å²) in [4.78, 5) is 35.1. The Morgan fingerprint density at radius 2 is 1.50 bits per heavy atom. The molecule has 0 aliphatic carbocycles. The van der Waals surface area contributed by atoms with E-state index in [9.17, 15) is 19.7 Å². The van der Waals surface area contributed by atoms with Crippen molar-refractivity contribution in [2.24, 2.45) is 0 Å². The zero-order chi connectivity index (χ0) is 26.7. The summed E-state index contributed by atoms with van der Waals surface area (Å²) in [5.74, 6) is -0.463. The van der Waals surface area contributed by atoms with Crippen LogP contribution < -0.4 is 4.74 Å². The Hall–Kier alpha value is -4.24. The first-order valence-corrected chi connectivity index (χ1v) is 12.5. The molecule has 0 saturated heterocycles. The lowest BCUT2D eigenvalue weighted by Crippen LogP contribution is -2.30. The van der Waals surface area contributed by atoms with Crippen LogP contribution in [0.1, 0.15) is 46.4 Å². The molecule has 0 N–H and O–H groups in total. The van der Waals surface area contributed by atoms with Gasteiger partial charge < -0.3 is 18.9 Å². The van der Waals surface area contributed by atoms with Crippen molar-refractivity contribution in [2.75, 3.05) is 26.4 Å². The highest BCUT2D eigenvalue weighted by atomic mass is 16.6. The number of unbranched alkanes of at least 4 members (excludes halogenated alkanes) is 3. The van der Waals surface area contributed by atoms with Crippen LogP contribution in [0.2, 0.25) is 0 Å². The number of hydrogen-bond donors (Lipinski definition) is 0. The van der Waals surface area contributed by atoms with Crippen molar-refractivity contribution in [1.29, 1.82) is 0 Å². The van der Waals surface area contributed by atoms with Gasteiger partial charge in [-0.3, -0.25) is 10.1 Å². The molecule has 1 unspecified atom stereocenters. The van der Waals surface area contributed by atoms with E-state index in [4.69, 9.17) is 18.9 Å². The number of hydrogen-bond acceptors (Lipinski definition) is 8. The van der Waals surface area contributed by atoms with Gasteiger partial charge in [-0.1, -0.05) is 36.8 Å². The highest BCUT2D eigenvalue weighted by Gasteiger charge is 2.21. The Morgan fingerprint density at radius 3 is 2.21 bits per heavy atom. The predicted octanol–water partition coefficient (Wildman–Crippen LogP) is 5.61. The van der Waals surface area contributed by atoms with E-state index in [1.165, 1.54) is 36.4 Å². The van der Waals surface area contributed by atoms with Crippen molar-refractivity contribution in [2.45, 2.75) is 31.8 Å². The molecule has 0 saturated carbocycles. The SMILES string of the molecule is O=C1OCC(COCCCCCCOc2cc([N+](=O)[O-])ccc2-c2ccccc2)OC(=O)c2ccc1cc2. The Kier molecular flexibility index (Phi) is 9.42. The van der Waals surface area contributed by atoms with Gasteiger partial charge in [0, 0.05) is 18.2 Å². The van der Waals surface area contributed by atoms with E-state index < -0.39 is 23.0 Å². The van der Waals surface area contributed by atoms with Crippen LogP contribution in [0.3, 0.4) is 0 Å². The molecule has 2 aliphatic heterocycles. The van der Waals surface area contributed by atoms with Crippen LogP contribution in [-0.4, -0.2) is 49.4 Å². The average Bonchev–Trinajstić information content (AvgIpc) is 2.94. The first kappa shape index (κ1) is 26.8. The standard InChI is InChI=1S/C29H29NO8/c31-28-22-10-12-23(13-11-22)29(32)38-25(20-37-28)19-35-16-6-1-2-7-17-36-27-18-24(30(33)34)14-15-26(27)21-8-4-3-5-9-21/h3-5,8-15,18,25H,1-2,6-7,16-17,19-20H2. The molecule has 3 aromatic rings. The average molecular weight is 520 g/mol. The molecule has 0 spiro atoms. The van der Waals surface area contributed by atoms with Gasteiger partial charge in [0.15, 0.2) is 6.10 Å². The number of benzene rings is 3. The van der Waals surface area contributed by atoms with Crippen LogP contribution >= 0.6 is 0 Å². The number of non-ortho nitro benzene ring substituents is 1. The number of ether oxygens (including phenoxy) is 4. The molecule has 0 fully saturated rings. The monoisotopic (exact) mass is 519 g/mol. The minimum absolute atomic E-state index is 0.00877. The normalized spacial score (nSPS) is 15.0. The predicted molar refractivity (Wildman–Crippen MR) is 139 cm³/mol. The van der Waals surface area contributed by atoms with Gasteiger partial charge in [0.25, 0.3) is 5.69 Å². The van der Waals surface area contributed by atoms with Gasteiger partial charge in [-0.05, 0) is 55.2 Å². The summed E-state index contributed by atoms with van der Waals surface area (Å²) in [6.45, 7) is 0.974. The van der Waals surface area contributed by atoms with Crippen molar-refractivity contribution >= 4 is 17.6 Å². The van der Waals surface area contributed by atoms with Crippen LogP contribution in [-0.2, 0) is 14.2 Å². The maximum atomic E-state index is 12.3. The number of rotatable bonds is 12. The lowest BCUT2D eigenvalue weighted by Gasteiger charge is -2.19. The molecule has 9 nitrogen and oxygen atoms in total. The van der Waals surface area contributed by atoms with Crippen LogP contribution in [0.5, 0.6) is 5.75 Å². The molecule has 2 heterocycles. The summed E-state index contributed by atoms with van der Waals surface area (Å²) in [7, 11) is 0. The summed E-state index contributed by atoms with van der Waals surface area (Å²) >= 11 is 0. The quantitative estimate of drug-likeness (QED) is 0.131. The van der Waals surface area contributed by atoms with Crippen LogP contribution in [0.25, 0.3) is 11.1 Å². The molecule has 198 valence electrons. The van der Waals surface area contributed by atoms with E-state index >= 15 is 0 Å². The van der Waals surface area contributed by atoms with Gasteiger partial charge in [-0.2, -0.15) is 0 Å². The third kappa shape index (κ3) is 7.39. The topological polar surface area (TPSA) is 114 Å². The fourth-order valence-corrected chi connectivity index (χ4v) is 3.99. The van der Waals surface area contributed by atoms with Crippen molar-refractivity contribution in [1.82, 2.24) is 0 Å². The second kappa shape index (κ2) is 13.3. The van der Waals surface area contributed by atoms with E-state index in [-0.39, 0.29) is 18.9 Å². The third-order valence-electron chi connectivity index (χ3n) is 6.04. The highest BCUT2D eigenvalue weighted by Crippen LogP contribution is 2.33. The summed E-state index contributed by atoms with van der Waals surface area (Å²) in [6.07, 6.45) is 2.70. The second-order valence-electron chi connectivity index (χ2n) is 8.84. The van der Waals surface area contributed by atoms with E-state index in [2.05, 4.69) is 0 Å². The molecular formula is C29H29NO8. The highest BCUT2D eigenvalue weighted by molar-refractivity contribution is 5.93. The van der Waals surface area contributed by atoms with Gasteiger partial charge in [-0.25, -0.2) is 9.59 Å². The van der Waals surface area contributed by atoms with E-state index in [1.54, 1.807) is 6.07 Å². The van der Waals surface area contributed by atoms with E-state index in [1.807, 2.05) is 30.3 Å². The summed E-state index contributed by atoms with van der Waals surface area (Å²) in [5.41, 5.74) is 2.49. The molecule has 0 aromatic heterocycles. The zero-order valence-electron chi connectivity index (χ0n) is 20.9. The number of carbonyl (C=O) groups excluding carboxylic acids is 2. The molecule has 9 heteroatoms. The smallest absolute Gasteiger partial charge is 0.338 e. The second-order valence-corrected chi connectivity index (χ2v) is 8.84. The summed E-state index contributed by atoms with van der Waals surface area (Å²) in [6, 6.07) is 20.4. The fraction of sp³-hybridized carbons (Fsp3) is 0.310. The Morgan fingerprint density at radius 1 is 0.816 bits per heavy atom. The molecule has 3 aromatic carbocycles. The third-order valence-corrected chi connectivity index (χ3v) is 6.04. The molecule has 0 radical (unpaired) electrons. The Balaban J connectivity index is 1.16. The Labute approximate surface area is 220 Å². The zero-order valence-corrected chi connectivity index (χ0v) is 20.9. The van der Waals surface area contributed by atoms with Gasteiger partial charge in [-0.15, -0.1) is 0 Å². The van der Waals surface area contributed by atoms with Crippen molar-refractivity contribution in [3.8, 4) is 16.9 Å². The molecule has 2 aliphatic rings. The molecule has 5 rings (SSSR count). The lowest BCUT2D eigenvalue weighted by molar-refractivity contribution is -0.384. The maximum absolute atomic E-state index is 12.3. The first-order chi connectivity index (χ1) is 18.5. The minimum Gasteiger partial charge on any atom is -0.493 e. The Bertz CT molecular complexity index is 1240. The largest absolute Gasteiger partial charge is 0.493 e. The van der Waals surface area contributed by atoms with Gasteiger partial charge in [0.1, 0.15) is 12.4 Å². The van der Waals surface area contributed by atoms with Gasteiger partial charge >= 0.3 is 11.9 Å². The first-order valence-electron chi connectivity index (χ1n) is 12.5. The number of nitro benzene ring substituents is 1. The molecular weight excluding hydrogens is 490 g/mol. The van der Waals surface area contributed by atoms with Crippen molar-refractivity contribution < 1.29 is 33.5 Å². The van der Waals surface area contributed by atoms with Crippen LogP contribution in [0.4, 0.5) is 5.69 Å². The number of nitro groups is 1. The molecule has 38 heavy (non-hydrogen) atoms.